The van der Waals surface area contributed by atoms with Gasteiger partial charge in [0, 0.05) is 31.2 Å². The Bertz CT molecular complexity index is 809. The standard InChI is InChI=1S/C18H19N3O4/c22-16(20-8-6-18(11-20)7-9-25-12-18)15-10-14(17(23)24)19-21(15)13-4-2-1-3-5-13/h1-5,10H,6-9,11-12H2,(H,23,24)/t18-/m1/s1. The lowest BCUT2D eigenvalue weighted by molar-refractivity contribution is 0.0689. The molecule has 7 heteroatoms. The number of hydrogen-bond donors (Lipinski definition) is 1. The molecule has 1 atom stereocenters. The lowest BCUT2D eigenvalue weighted by Gasteiger charge is -2.22. The molecule has 130 valence electrons. The molecule has 2 aliphatic heterocycles. The molecule has 3 heterocycles. The third kappa shape index (κ3) is 2.80. The number of ether oxygens (including phenoxy) is 1. The van der Waals surface area contributed by atoms with Crippen molar-refractivity contribution in [2.24, 2.45) is 5.41 Å². The van der Waals surface area contributed by atoms with Gasteiger partial charge in [0.1, 0.15) is 5.69 Å². The number of benzene rings is 1. The number of nitrogens with zero attached hydrogens (tertiary/aromatic N) is 3. The summed E-state index contributed by atoms with van der Waals surface area (Å²) in [6, 6.07) is 10.5. The van der Waals surface area contributed by atoms with E-state index < -0.39 is 5.97 Å². The van der Waals surface area contributed by atoms with Crippen LogP contribution >= 0.6 is 0 Å². The molecule has 0 saturated carbocycles. The number of aromatic nitrogens is 2. The maximum absolute atomic E-state index is 13.0. The van der Waals surface area contributed by atoms with E-state index in [2.05, 4.69) is 5.10 Å². The molecule has 25 heavy (non-hydrogen) atoms. The Morgan fingerprint density at radius 1 is 1.20 bits per heavy atom. The summed E-state index contributed by atoms with van der Waals surface area (Å²) in [6.07, 6.45) is 1.89. The van der Waals surface area contributed by atoms with E-state index in [4.69, 9.17) is 4.74 Å². The normalized spacial score (nSPS) is 22.6. The summed E-state index contributed by atoms with van der Waals surface area (Å²) in [5.74, 6) is -1.33. The molecule has 0 unspecified atom stereocenters. The topological polar surface area (TPSA) is 84.7 Å². The maximum Gasteiger partial charge on any atom is 0.356 e. The van der Waals surface area contributed by atoms with E-state index in [1.165, 1.54) is 10.7 Å². The Balaban J connectivity index is 1.67. The zero-order valence-electron chi connectivity index (χ0n) is 13.7. The van der Waals surface area contributed by atoms with Gasteiger partial charge in [-0.05, 0) is 25.0 Å². The highest BCUT2D eigenvalue weighted by atomic mass is 16.5. The van der Waals surface area contributed by atoms with E-state index in [0.717, 1.165) is 19.4 Å². The summed E-state index contributed by atoms with van der Waals surface area (Å²) >= 11 is 0. The Kier molecular flexibility index (Phi) is 3.80. The molecule has 2 aromatic rings. The fraction of sp³-hybridized carbons (Fsp3) is 0.389. The van der Waals surface area contributed by atoms with Gasteiger partial charge in [-0.3, -0.25) is 4.79 Å². The van der Waals surface area contributed by atoms with E-state index >= 15 is 0 Å². The first-order valence-electron chi connectivity index (χ1n) is 8.34. The molecule has 2 aliphatic rings. The molecular weight excluding hydrogens is 322 g/mol. The number of carboxylic acid groups (broad SMARTS) is 1. The van der Waals surface area contributed by atoms with Crippen LogP contribution < -0.4 is 0 Å². The summed E-state index contributed by atoms with van der Waals surface area (Å²) in [4.78, 5) is 26.2. The van der Waals surface area contributed by atoms with Crippen molar-refractivity contribution in [1.29, 1.82) is 0 Å². The quantitative estimate of drug-likeness (QED) is 0.920. The number of rotatable bonds is 3. The lowest BCUT2D eigenvalue weighted by Crippen LogP contribution is -2.33. The molecule has 2 fully saturated rings. The minimum absolute atomic E-state index is 0.0584. The third-order valence-electron chi connectivity index (χ3n) is 5.06. The van der Waals surface area contributed by atoms with E-state index in [1.54, 1.807) is 17.0 Å². The van der Waals surface area contributed by atoms with E-state index in [-0.39, 0.29) is 22.7 Å². The van der Waals surface area contributed by atoms with Gasteiger partial charge in [-0.1, -0.05) is 18.2 Å². The minimum atomic E-state index is -1.15. The summed E-state index contributed by atoms with van der Waals surface area (Å²) in [5, 5.41) is 13.4. The van der Waals surface area contributed by atoms with Crippen molar-refractivity contribution >= 4 is 11.9 Å². The van der Waals surface area contributed by atoms with Crippen molar-refractivity contribution in [3.63, 3.8) is 0 Å². The molecule has 1 amide bonds. The smallest absolute Gasteiger partial charge is 0.356 e. The number of hydrogen-bond acceptors (Lipinski definition) is 4. The SMILES string of the molecule is O=C(O)c1cc(C(=O)N2CC[C@@]3(CCOC3)C2)n(-c2ccccc2)n1. The number of carbonyl (C=O) groups excluding carboxylic acids is 1. The molecular formula is C18H19N3O4. The Morgan fingerprint density at radius 3 is 2.68 bits per heavy atom. The highest BCUT2D eigenvalue weighted by Gasteiger charge is 2.43. The number of aromatic carboxylic acids is 1. The van der Waals surface area contributed by atoms with Crippen molar-refractivity contribution < 1.29 is 19.4 Å². The second-order valence-electron chi connectivity index (χ2n) is 6.75. The lowest BCUT2D eigenvalue weighted by atomic mass is 9.87. The highest BCUT2D eigenvalue weighted by Crippen LogP contribution is 2.38. The van der Waals surface area contributed by atoms with E-state index in [0.29, 0.717) is 25.4 Å². The molecule has 0 radical (unpaired) electrons. The molecule has 0 aliphatic carbocycles. The Morgan fingerprint density at radius 2 is 2.00 bits per heavy atom. The predicted molar refractivity (Wildman–Crippen MR) is 88.9 cm³/mol. The monoisotopic (exact) mass is 341 g/mol. The fourth-order valence-electron chi connectivity index (χ4n) is 3.65. The van der Waals surface area contributed by atoms with Gasteiger partial charge in [0.05, 0.1) is 12.3 Å². The molecule has 1 aromatic carbocycles. The van der Waals surface area contributed by atoms with Crippen LogP contribution in [0.25, 0.3) is 5.69 Å². The second-order valence-corrected chi connectivity index (χ2v) is 6.75. The van der Waals surface area contributed by atoms with Gasteiger partial charge in [-0.2, -0.15) is 5.10 Å². The molecule has 1 N–H and O–H groups in total. The number of carboxylic acids is 1. The number of para-hydroxylation sites is 1. The molecule has 4 rings (SSSR count). The first-order chi connectivity index (χ1) is 12.1. The summed E-state index contributed by atoms with van der Waals surface area (Å²) < 4.78 is 6.93. The fourth-order valence-corrected chi connectivity index (χ4v) is 3.65. The van der Waals surface area contributed by atoms with Crippen molar-refractivity contribution in [3.8, 4) is 5.69 Å². The average Bonchev–Trinajstić information content (AvgIpc) is 3.36. The zero-order chi connectivity index (χ0) is 17.4. The van der Waals surface area contributed by atoms with Gasteiger partial charge in [0.15, 0.2) is 5.69 Å². The largest absolute Gasteiger partial charge is 0.476 e. The number of carbonyl (C=O) groups is 2. The van der Waals surface area contributed by atoms with Crippen molar-refractivity contribution in [2.75, 3.05) is 26.3 Å². The highest BCUT2D eigenvalue weighted by molar-refractivity contribution is 5.96. The summed E-state index contributed by atoms with van der Waals surface area (Å²) in [6.45, 7) is 2.74. The van der Waals surface area contributed by atoms with Crippen molar-refractivity contribution in [2.45, 2.75) is 12.8 Å². The van der Waals surface area contributed by atoms with Crippen LogP contribution in [0, 0.1) is 5.41 Å². The van der Waals surface area contributed by atoms with Crippen molar-refractivity contribution in [3.05, 3.63) is 47.8 Å². The van der Waals surface area contributed by atoms with Crippen LogP contribution in [0.15, 0.2) is 36.4 Å². The molecule has 0 bridgehead atoms. The molecule has 7 nitrogen and oxygen atoms in total. The first-order valence-corrected chi connectivity index (χ1v) is 8.34. The van der Waals surface area contributed by atoms with Crippen LogP contribution in [0.4, 0.5) is 0 Å². The van der Waals surface area contributed by atoms with Crippen LogP contribution in [-0.4, -0.2) is 58.0 Å². The minimum Gasteiger partial charge on any atom is -0.476 e. The third-order valence-corrected chi connectivity index (χ3v) is 5.06. The van der Waals surface area contributed by atoms with Gasteiger partial charge in [-0.25, -0.2) is 9.48 Å². The van der Waals surface area contributed by atoms with Gasteiger partial charge >= 0.3 is 5.97 Å². The van der Waals surface area contributed by atoms with Crippen LogP contribution in [0.2, 0.25) is 0 Å². The Hall–Kier alpha value is -2.67. The van der Waals surface area contributed by atoms with Crippen LogP contribution in [0.1, 0.15) is 33.8 Å². The van der Waals surface area contributed by atoms with E-state index in [1.807, 2.05) is 18.2 Å². The predicted octanol–water partition coefficient (Wildman–Crippen LogP) is 1.82. The van der Waals surface area contributed by atoms with Gasteiger partial charge < -0.3 is 14.7 Å². The summed E-state index contributed by atoms with van der Waals surface area (Å²) in [7, 11) is 0. The second kappa shape index (κ2) is 6.00. The molecule has 2 saturated heterocycles. The van der Waals surface area contributed by atoms with Crippen LogP contribution in [-0.2, 0) is 4.74 Å². The van der Waals surface area contributed by atoms with Gasteiger partial charge in [0.25, 0.3) is 5.91 Å². The number of likely N-dealkylation sites (tertiary alicyclic amines) is 1. The van der Waals surface area contributed by atoms with Crippen LogP contribution in [0.5, 0.6) is 0 Å². The summed E-state index contributed by atoms with van der Waals surface area (Å²) in [5.41, 5.74) is 0.865. The van der Waals surface area contributed by atoms with Gasteiger partial charge in [0.2, 0.25) is 0 Å². The van der Waals surface area contributed by atoms with Crippen molar-refractivity contribution in [1.82, 2.24) is 14.7 Å². The van der Waals surface area contributed by atoms with Crippen LogP contribution in [0.3, 0.4) is 0 Å². The molecule has 1 spiro atoms. The molecule has 1 aromatic heterocycles. The Labute approximate surface area is 144 Å². The average molecular weight is 341 g/mol. The number of amides is 1. The first kappa shape index (κ1) is 15.8. The zero-order valence-corrected chi connectivity index (χ0v) is 13.7. The van der Waals surface area contributed by atoms with Gasteiger partial charge in [-0.15, -0.1) is 0 Å². The maximum atomic E-state index is 13.0. The van der Waals surface area contributed by atoms with E-state index in [9.17, 15) is 14.7 Å².